The molecule has 1 aliphatic rings. The Kier molecular flexibility index (Phi) is 7.81. The van der Waals surface area contributed by atoms with Crippen LogP contribution in [0, 0.1) is 0 Å². The van der Waals surface area contributed by atoms with Gasteiger partial charge in [-0.1, -0.05) is 15.9 Å². The van der Waals surface area contributed by atoms with Crippen molar-refractivity contribution in [2.24, 2.45) is 0 Å². The van der Waals surface area contributed by atoms with Gasteiger partial charge in [-0.05, 0) is 73.6 Å². The number of benzene rings is 2. The van der Waals surface area contributed by atoms with Crippen LogP contribution in [-0.2, 0) is 9.59 Å². The third-order valence-electron chi connectivity index (χ3n) is 4.29. The molecule has 3 rings (SSSR count). The number of hydrogen-bond donors (Lipinski definition) is 2. The summed E-state index contributed by atoms with van der Waals surface area (Å²) in [4.78, 5) is 38.5. The molecule has 0 radical (unpaired) electrons. The standard InChI is InChI=1S/C22H21BrN2O6S/c1-3-30-15-7-5-14(6-8-15)24-20(27)12-25-21(28)19(32-22(25)29)10-13-9-18(31-4-2)17(26)11-16(13)23/h5-11,26H,3-4,12H2,1-2H3,(H,24,27)/b19-10+. The van der Waals surface area contributed by atoms with Gasteiger partial charge in [0.05, 0.1) is 18.1 Å². The molecule has 1 fully saturated rings. The maximum Gasteiger partial charge on any atom is 0.294 e. The third-order valence-corrected chi connectivity index (χ3v) is 5.88. The lowest BCUT2D eigenvalue weighted by atomic mass is 10.2. The Morgan fingerprint density at radius 2 is 1.84 bits per heavy atom. The molecule has 2 aromatic rings. The zero-order chi connectivity index (χ0) is 23.3. The Morgan fingerprint density at radius 1 is 1.16 bits per heavy atom. The van der Waals surface area contributed by atoms with Crippen molar-refractivity contribution in [1.82, 2.24) is 4.90 Å². The predicted octanol–water partition coefficient (Wildman–Crippen LogP) is 4.63. The Morgan fingerprint density at radius 3 is 2.50 bits per heavy atom. The lowest BCUT2D eigenvalue weighted by Crippen LogP contribution is -2.36. The van der Waals surface area contributed by atoms with Crippen LogP contribution >= 0.6 is 27.7 Å². The van der Waals surface area contributed by atoms with Crippen molar-refractivity contribution in [3.63, 3.8) is 0 Å². The van der Waals surface area contributed by atoms with Crippen LogP contribution in [0.2, 0.25) is 0 Å². The fourth-order valence-corrected chi connectivity index (χ4v) is 4.14. The number of hydrogen-bond acceptors (Lipinski definition) is 7. The van der Waals surface area contributed by atoms with Gasteiger partial charge in [-0.15, -0.1) is 0 Å². The summed E-state index contributed by atoms with van der Waals surface area (Å²) in [6.07, 6.45) is 1.52. The van der Waals surface area contributed by atoms with Crippen LogP contribution in [0.25, 0.3) is 6.08 Å². The number of nitrogens with zero attached hydrogens (tertiary/aromatic N) is 1. The lowest BCUT2D eigenvalue weighted by Gasteiger charge is -2.13. The Bertz CT molecular complexity index is 1070. The molecule has 0 aromatic heterocycles. The summed E-state index contributed by atoms with van der Waals surface area (Å²) < 4.78 is 11.2. The molecule has 168 valence electrons. The Balaban J connectivity index is 1.70. The van der Waals surface area contributed by atoms with Crippen molar-refractivity contribution in [2.75, 3.05) is 25.1 Å². The minimum atomic E-state index is -0.570. The Labute approximate surface area is 197 Å². The van der Waals surface area contributed by atoms with Crippen LogP contribution in [0.3, 0.4) is 0 Å². The molecule has 0 aliphatic carbocycles. The lowest BCUT2D eigenvalue weighted by molar-refractivity contribution is -0.127. The highest BCUT2D eigenvalue weighted by atomic mass is 79.9. The second-order valence-electron chi connectivity index (χ2n) is 6.55. The molecule has 1 heterocycles. The highest BCUT2D eigenvalue weighted by molar-refractivity contribution is 9.10. The number of halogens is 1. The van der Waals surface area contributed by atoms with E-state index in [0.717, 1.165) is 16.7 Å². The van der Waals surface area contributed by atoms with E-state index < -0.39 is 23.6 Å². The fourth-order valence-electron chi connectivity index (χ4n) is 2.86. The molecule has 0 atom stereocenters. The van der Waals surface area contributed by atoms with E-state index in [9.17, 15) is 19.5 Å². The van der Waals surface area contributed by atoms with Gasteiger partial charge in [0, 0.05) is 10.2 Å². The summed E-state index contributed by atoms with van der Waals surface area (Å²) in [5, 5.41) is 12.1. The fraction of sp³-hybridized carbons (Fsp3) is 0.227. The van der Waals surface area contributed by atoms with Gasteiger partial charge in [-0.2, -0.15) is 0 Å². The highest BCUT2D eigenvalue weighted by Crippen LogP contribution is 2.37. The number of carbonyl (C=O) groups is 3. The third kappa shape index (κ3) is 5.63. The molecule has 0 bridgehead atoms. The maximum absolute atomic E-state index is 12.7. The van der Waals surface area contributed by atoms with E-state index in [1.165, 1.54) is 12.1 Å². The molecule has 2 N–H and O–H groups in total. The molecule has 1 aliphatic heterocycles. The number of anilines is 1. The molecular weight excluding hydrogens is 500 g/mol. The zero-order valence-corrected chi connectivity index (χ0v) is 19.8. The van der Waals surface area contributed by atoms with Crippen LogP contribution < -0.4 is 14.8 Å². The average Bonchev–Trinajstić information content (AvgIpc) is 3.00. The first-order valence-electron chi connectivity index (χ1n) is 9.75. The smallest absolute Gasteiger partial charge is 0.294 e. The zero-order valence-electron chi connectivity index (χ0n) is 17.4. The molecule has 0 spiro atoms. The summed E-state index contributed by atoms with van der Waals surface area (Å²) in [5.74, 6) is -0.178. The first kappa shape index (κ1) is 23.7. The number of aromatic hydroxyl groups is 1. The van der Waals surface area contributed by atoms with Crippen LogP contribution in [-0.4, -0.2) is 46.8 Å². The summed E-state index contributed by atoms with van der Waals surface area (Å²) in [6.45, 7) is 4.14. The molecule has 32 heavy (non-hydrogen) atoms. The largest absolute Gasteiger partial charge is 0.504 e. The molecule has 10 heteroatoms. The van der Waals surface area contributed by atoms with Crippen LogP contribution in [0.1, 0.15) is 19.4 Å². The summed E-state index contributed by atoms with van der Waals surface area (Å²) in [5.41, 5.74) is 1.08. The normalized spacial score (nSPS) is 14.7. The van der Waals surface area contributed by atoms with Gasteiger partial charge in [0.15, 0.2) is 11.5 Å². The topological polar surface area (TPSA) is 105 Å². The van der Waals surface area contributed by atoms with Crippen molar-refractivity contribution >= 4 is 56.5 Å². The number of imide groups is 1. The minimum Gasteiger partial charge on any atom is -0.504 e. The number of ether oxygens (including phenoxy) is 2. The van der Waals surface area contributed by atoms with Crippen LogP contribution in [0.5, 0.6) is 17.2 Å². The van der Waals surface area contributed by atoms with E-state index in [-0.39, 0.29) is 16.4 Å². The number of phenolic OH excluding ortho intramolecular Hbond substituents is 1. The number of nitrogens with one attached hydrogen (secondary N) is 1. The minimum absolute atomic E-state index is 0.0464. The van der Waals surface area contributed by atoms with E-state index in [1.807, 2.05) is 6.92 Å². The van der Waals surface area contributed by atoms with Gasteiger partial charge < -0.3 is 19.9 Å². The summed E-state index contributed by atoms with van der Waals surface area (Å²) in [6, 6.07) is 9.80. The van der Waals surface area contributed by atoms with E-state index in [0.29, 0.717) is 34.7 Å². The molecule has 2 aromatic carbocycles. The molecule has 0 saturated carbocycles. The molecule has 1 saturated heterocycles. The highest BCUT2D eigenvalue weighted by Gasteiger charge is 2.36. The quantitative estimate of drug-likeness (QED) is 0.488. The van der Waals surface area contributed by atoms with Crippen molar-refractivity contribution < 1.29 is 29.0 Å². The van der Waals surface area contributed by atoms with Crippen molar-refractivity contribution in [1.29, 1.82) is 0 Å². The van der Waals surface area contributed by atoms with Gasteiger partial charge in [-0.25, -0.2) is 0 Å². The van der Waals surface area contributed by atoms with Crippen molar-refractivity contribution in [3.8, 4) is 17.2 Å². The molecule has 0 unspecified atom stereocenters. The number of phenols is 1. The second kappa shape index (κ2) is 10.6. The Hall–Kier alpha value is -2.98. The van der Waals surface area contributed by atoms with Gasteiger partial charge in [0.2, 0.25) is 5.91 Å². The second-order valence-corrected chi connectivity index (χ2v) is 8.40. The van der Waals surface area contributed by atoms with E-state index in [2.05, 4.69) is 21.2 Å². The maximum atomic E-state index is 12.7. The summed E-state index contributed by atoms with van der Waals surface area (Å²) in [7, 11) is 0. The first-order chi connectivity index (χ1) is 15.3. The van der Waals surface area contributed by atoms with Gasteiger partial charge >= 0.3 is 0 Å². The van der Waals surface area contributed by atoms with Crippen LogP contribution in [0.4, 0.5) is 10.5 Å². The van der Waals surface area contributed by atoms with Gasteiger partial charge in [0.25, 0.3) is 11.1 Å². The SMILES string of the molecule is CCOc1ccc(NC(=O)CN2C(=O)S/C(=C/c3cc(OCC)c(O)cc3Br)C2=O)cc1. The number of rotatable bonds is 8. The van der Waals surface area contributed by atoms with Crippen molar-refractivity contribution in [3.05, 3.63) is 51.3 Å². The van der Waals surface area contributed by atoms with Crippen LogP contribution in [0.15, 0.2) is 45.8 Å². The van der Waals surface area contributed by atoms with Crippen molar-refractivity contribution in [2.45, 2.75) is 13.8 Å². The average molecular weight is 521 g/mol. The predicted molar refractivity (Wildman–Crippen MR) is 126 cm³/mol. The molecule has 8 nitrogen and oxygen atoms in total. The van der Waals surface area contributed by atoms with Gasteiger partial charge in [0.1, 0.15) is 12.3 Å². The number of amides is 3. The first-order valence-corrected chi connectivity index (χ1v) is 11.4. The van der Waals surface area contributed by atoms with E-state index >= 15 is 0 Å². The monoisotopic (exact) mass is 520 g/mol. The van der Waals surface area contributed by atoms with E-state index in [1.54, 1.807) is 37.3 Å². The number of carbonyl (C=O) groups excluding carboxylic acids is 3. The molecule has 3 amide bonds. The number of thioether (sulfide) groups is 1. The molecular formula is C22H21BrN2O6S. The van der Waals surface area contributed by atoms with Gasteiger partial charge in [-0.3, -0.25) is 19.3 Å². The van der Waals surface area contributed by atoms with E-state index in [4.69, 9.17) is 9.47 Å². The summed E-state index contributed by atoms with van der Waals surface area (Å²) >= 11 is 4.07.